The first-order valence-electron chi connectivity index (χ1n) is 7.74. The number of carbonyl (C=O) groups excluding carboxylic acids is 1. The second-order valence-corrected chi connectivity index (χ2v) is 5.97. The maximum Gasteiger partial charge on any atom is 0.296 e. The number of Topliss-reactive ketones (excluding diaryl/α,β-unsaturated/α-hetero) is 1. The molecule has 0 saturated heterocycles. The van der Waals surface area contributed by atoms with Crippen molar-refractivity contribution < 1.29 is 14.3 Å². The second-order valence-electron chi connectivity index (χ2n) is 5.97. The van der Waals surface area contributed by atoms with E-state index in [0.29, 0.717) is 31.9 Å². The van der Waals surface area contributed by atoms with E-state index in [1.807, 2.05) is 11.9 Å². The van der Waals surface area contributed by atoms with Crippen LogP contribution in [0.5, 0.6) is 5.75 Å². The number of aryl methyl sites for hydroxylation is 1. The lowest BCUT2D eigenvalue weighted by molar-refractivity contribution is 0.0972. The SMILES string of the molecule is CN1CCn2c(nc(C(=O)CCc3ccc(F)cc3)c(O)c2=O)C1. The highest BCUT2D eigenvalue weighted by Gasteiger charge is 2.23. The van der Waals surface area contributed by atoms with Crippen LogP contribution in [0.2, 0.25) is 0 Å². The lowest BCUT2D eigenvalue weighted by Crippen LogP contribution is -2.38. The van der Waals surface area contributed by atoms with Crippen LogP contribution in [-0.4, -0.2) is 38.9 Å². The molecule has 2 aromatic rings. The van der Waals surface area contributed by atoms with Crippen LogP contribution in [0.15, 0.2) is 29.1 Å². The molecule has 0 unspecified atom stereocenters. The van der Waals surface area contributed by atoms with E-state index in [2.05, 4.69) is 4.98 Å². The Morgan fingerprint density at radius 2 is 2.00 bits per heavy atom. The number of rotatable bonds is 4. The number of carbonyl (C=O) groups is 1. The summed E-state index contributed by atoms with van der Waals surface area (Å²) in [6.07, 6.45) is 0.476. The van der Waals surface area contributed by atoms with Gasteiger partial charge in [-0.2, -0.15) is 0 Å². The first-order chi connectivity index (χ1) is 11.5. The molecule has 1 aromatic heterocycles. The van der Waals surface area contributed by atoms with Crippen LogP contribution >= 0.6 is 0 Å². The number of fused-ring (bicyclic) bond motifs is 1. The number of nitrogens with zero attached hydrogens (tertiary/aromatic N) is 3. The largest absolute Gasteiger partial charge is 0.501 e. The van der Waals surface area contributed by atoms with Crippen LogP contribution in [0, 0.1) is 5.82 Å². The van der Waals surface area contributed by atoms with Crippen molar-refractivity contribution in [3.63, 3.8) is 0 Å². The topological polar surface area (TPSA) is 75.4 Å². The normalized spacial score (nSPS) is 14.4. The highest BCUT2D eigenvalue weighted by atomic mass is 19.1. The van der Waals surface area contributed by atoms with Gasteiger partial charge in [0, 0.05) is 19.5 Å². The van der Waals surface area contributed by atoms with Crippen molar-refractivity contribution in [2.75, 3.05) is 13.6 Å². The fourth-order valence-electron chi connectivity index (χ4n) is 2.75. The van der Waals surface area contributed by atoms with E-state index in [1.165, 1.54) is 16.7 Å². The van der Waals surface area contributed by atoms with E-state index in [1.54, 1.807) is 12.1 Å². The molecule has 0 atom stereocenters. The Bertz CT molecular complexity index is 830. The zero-order chi connectivity index (χ0) is 17.3. The fraction of sp³-hybridized carbons (Fsp3) is 0.353. The third-order valence-corrected chi connectivity index (χ3v) is 4.16. The summed E-state index contributed by atoms with van der Waals surface area (Å²) in [4.78, 5) is 30.8. The Kier molecular flexibility index (Phi) is 4.44. The molecular formula is C17H18FN3O3. The Morgan fingerprint density at radius 3 is 2.71 bits per heavy atom. The second kappa shape index (κ2) is 6.52. The molecule has 0 spiro atoms. The van der Waals surface area contributed by atoms with E-state index in [0.717, 1.165) is 5.56 Å². The number of likely N-dealkylation sites (N-methyl/N-ethyl adjacent to an activating group) is 1. The van der Waals surface area contributed by atoms with E-state index < -0.39 is 17.1 Å². The molecule has 1 N–H and O–H groups in total. The Hall–Kier alpha value is -2.54. The van der Waals surface area contributed by atoms with Gasteiger partial charge in [-0.05, 0) is 31.2 Å². The van der Waals surface area contributed by atoms with Crippen molar-refractivity contribution in [3.8, 4) is 5.75 Å². The van der Waals surface area contributed by atoms with Crippen LogP contribution in [0.1, 0.15) is 28.3 Å². The number of hydrogen-bond donors (Lipinski definition) is 1. The van der Waals surface area contributed by atoms with Gasteiger partial charge in [0.2, 0.25) is 5.75 Å². The highest BCUT2D eigenvalue weighted by Crippen LogP contribution is 2.17. The van der Waals surface area contributed by atoms with Crippen molar-refractivity contribution in [1.29, 1.82) is 0 Å². The Morgan fingerprint density at radius 1 is 1.29 bits per heavy atom. The van der Waals surface area contributed by atoms with E-state index >= 15 is 0 Å². The molecule has 3 rings (SSSR count). The molecule has 0 saturated carbocycles. The number of halogens is 1. The molecule has 0 aliphatic carbocycles. The summed E-state index contributed by atoms with van der Waals surface area (Å²) in [5, 5.41) is 10.0. The zero-order valence-corrected chi connectivity index (χ0v) is 13.3. The lowest BCUT2D eigenvalue weighted by Gasteiger charge is -2.25. The maximum atomic E-state index is 12.9. The van der Waals surface area contributed by atoms with Gasteiger partial charge in [-0.1, -0.05) is 12.1 Å². The van der Waals surface area contributed by atoms with Crippen molar-refractivity contribution in [2.24, 2.45) is 0 Å². The summed E-state index contributed by atoms with van der Waals surface area (Å²) in [6, 6.07) is 5.87. The average molecular weight is 331 g/mol. The number of ketones is 1. The highest BCUT2D eigenvalue weighted by molar-refractivity contribution is 5.96. The summed E-state index contributed by atoms with van der Waals surface area (Å²) in [5.41, 5.74) is 0.0561. The molecular weight excluding hydrogens is 313 g/mol. The summed E-state index contributed by atoms with van der Waals surface area (Å²) < 4.78 is 14.3. The molecule has 0 radical (unpaired) electrons. The molecule has 1 aliphatic heterocycles. The predicted molar refractivity (Wildman–Crippen MR) is 85.5 cm³/mol. The number of aromatic nitrogens is 2. The van der Waals surface area contributed by atoms with E-state index in [4.69, 9.17) is 0 Å². The van der Waals surface area contributed by atoms with Crippen molar-refractivity contribution in [3.05, 3.63) is 57.5 Å². The summed E-state index contributed by atoms with van der Waals surface area (Å²) in [7, 11) is 1.90. The van der Waals surface area contributed by atoms with Crippen LogP contribution in [0.3, 0.4) is 0 Å². The zero-order valence-electron chi connectivity index (χ0n) is 13.3. The van der Waals surface area contributed by atoms with Gasteiger partial charge >= 0.3 is 0 Å². The molecule has 1 aliphatic rings. The minimum Gasteiger partial charge on any atom is -0.501 e. The predicted octanol–water partition coefficient (Wildman–Crippen LogP) is 1.35. The van der Waals surface area contributed by atoms with Gasteiger partial charge in [0.1, 0.15) is 11.6 Å². The minimum atomic E-state index is -0.590. The molecule has 126 valence electrons. The summed E-state index contributed by atoms with van der Waals surface area (Å²) in [6.45, 7) is 1.58. The summed E-state index contributed by atoms with van der Waals surface area (Å²) >= 11 is 0. The third kappa shape index (κ3) is 3.21. The summed E-state index contributed by atoms with van der Waals surface area (Å²) in [5.74, 6) is -0.842. The van der Waals surface area contributed by atoms with Gasteiger partial charge in [-0.15, -0.1) is 0 Å². The van der Waals surface area contributed by atoms with E-state index in [-0.39, 0.29) is 17.9 Å². The fourth-order valence-corrected chi connectivity index (χ4v) is 2.75. The number of hydrogen-bond acceptors (Lipinski definition) is 5. The van der Waals surface area contributed by atoms with Gasteiger partial charge in [0.15, 0.2) is 11.5 Å². The average Bonchev–Trinajstić information content (AvgIpc) is 2.57. The molecule has 7 heteroatoms. The molecule has 0 amide bonds. The first kappa shape index (κ1) is 16.3. The minimum absolute atomic E-state index is 0.0882. The smallest absolute Gasteiger partial charge is 0.296 e. The Labute approximate surface area is 138 Å². The van der Waals surface area contributed by atoms with Gasteiger partial charge in [0.05, 0.1) is 6.54 Å². The van der Waals surface area contributed by atoms with Crippen molar-refractivity contribution in [2.45, 2.75) is 25.9 Å². The van der Waals surface area contributed by atoms with Crippen LogP contribution in [0.25, 0.3) is 0 Å². The van der Waals surface area contributed by atoms with Crippen molar-refractivity contribution >= 4 is 5.78 Å². The molecule has 6 nitrogen and oxygen atoms in total. The standard InChI is InChI=1S/C17H18FN3O3/c1-20-8-9-21-14(10-20)19-15(16(23)17(21)24)13(22)7-4-11-2-5-12(18)6-3-11/h2-3,5-6,23H,4,7-10H2,1H3. The lowest BCUT2D eigenvalue weighted by atomic mass is 10.1. The molecule has 0 fully saturated rings. The van der Waals surface area contributed by atoms with Gasteiger partial charge < -0.3 is 5.11 Å². The Balaban J connectivity index is 1.82. The molecule has 24 heavy (non-hydrogen) atoms. The van der Waals surface area contributed by atoms with Crippen LogP contribution in [0.4, 0.5) is 4.39 Å². The molecule has 1 aromatic carbocycles. The molecule has 2 heterocycles. The van der Waals surface area contributed by atoms with E-state index in [9.17, 15) is 19.1 Å². The van der Waals surface area contributed by atoms with Gasteiger partial charge in [-0.25, -0.2) is 9.37 Å². The monoisotopic (exact) mass is 331 g/mol. The first-order valence-corrected chi connectivity index (χ1v) is 7.74. The maximum absolute atomic E-state index is 12.9. The molecule has 0 bridgehead atoms. The number of benzene rings is 1. The van der Waals surface area contributed by atoms with Crippen LogP contribution in [-0.2, 0) is 19.5 Å². The van der Waals surface area contributed by atoms with Gasteiger partial charge in [0.25, 0.3) is 5.56 Å². The van der Waals surface area contributed by atoms with Gasteiger partial charge in [-0.3, -0.25) is 19.1 Å². The quantitative estimate of drug-likeness (QED) is 0.856. The van der Waals surface area contributed by atoms with Crippen molar-refractivity contribution in [1.82, 2.24) is 14.5 Å². The van der Waals surface area contributed by atoms with Crippen LogP contribution < -0.4 is 5.56 Å². The number of aromatic hydroxyl groups is 1. The third-order valence-electron chi connectivity index (χ3n) is 4.16.